The minimum Gasteiger partial charge on any atom is -0.0958 e. The fourth-order valence-corrected chi connectivity index (χ4v) is 14.4. The van der Waals surface area contributed by atoms with E-state index in [0.717, 1.165) is 22.6 Å². The van der Waals surface area contributed by atoms with Crippen LogP contribution in [0.15, 0.2) is 24.3 Å². The van der Waals surface area contributed by atoms with Crippen molar-refractivity contribution in [3.8, 4) is 0 Å². The molecule has 0 amide bonds. The summed E-state index contributed by atoms with van der Waals surface area (Å²) in [5.74, 6) is 0. The van der Waals surface area contributed by atoms with Gasteiger partial charge in [-0.3, -0.25) is 0 Å². The first-order valence-corrected chi connectivity index (χ1v) is 14.8. The first-order chi connectivity index (χ1) is 12.9. The molecule has 142 valence electrons. The number of fused-ring (bicyclic) bond motifs is 4. The van der Waals surface area contributed by atoms with Crippen LogP contribution in [0.4, 0.5) is 0 Å². The molecule has 1 aromatic rings. The first-order valence-electron chi connectivity index (χ1n) is 11.5. The standard InChI is InChI=1S/C24H36P2/c1-2-8-20(18-26-23-13-5-14-24(26)16-6-15-23)19(7-1)17-25-21-9-3-10-22(25)12-4-11-21/h1-2,7-8,21-24H,3-6,9-18H2. The molecule has 0 unspecified atom stereocenters. The highest BCUT2D eigenvalue weighted by molar-refractivity contribution is 7.59. The van der Waals surface area contributed by atoms with Gasteiger partial charge in [-0.25, -0.2) is 0 Å². The maximum atomic E-state index is 2.52. The minimum absolute atomic E-state index is 0.270. The van der Waals surface area contributed by atoms with E-state index >= 15 is 0 Å². The average Bonchev–Trinajstić information content (AvgIpc) is 2.63. The maximum absolute atomic E-state index is 2.52. The van der Waals surface area contributed by atoms with Gasteiger partial charge in [0, 0.05) is 0 Å². The van der Waals surface area contributed by atoms with Gasteiger partial charge < -0.3 is 0 Å². The molecular formula is C24H36P2. The monoisotopic (exact) mass is 386 g/mol. The van der Waals surface area contributed by atoms with E-state index in [4.69, 9.17) is 0 Å². The molecule has 0 aliphatic carbocycles. The lowest BCUT2D eigenvalue weighted by Gasteiger charge is -2.45. The number of hydrogen-bond donors (Lipinski definition) is 0. The van der Waals surface area contributed by atoms with Gasteiger partial charge in [-0.1, -0.05) is 65.8 Å². The summed E-state index contributed by atoms with van der Waals surface area (Å²) in [6.45, 7) is 0. The SMILES string of the molecule is c1ccc(CP2C3CCCC2CCC3)c(CP2C3CCCC2CCC3)c1. The molecule has 0 radical (unpaired) electrons. The van der Waals surface area contributed by atoms with Gasteiger partial charge in [0.2, 0.25) is 0 Å². The van der Waals surface area contributed by atoms with E-state index in [1.54, 1.807) is 62.5 Å². The van der Waals surface area contributed by atoms with Gasteiger partial charge in [0.1, 0.15) is 0 Å². The van der Waals surface area contributed by atoms with Gasteiger partial charge in [0.05, 0.1) is 0 Å². The zero-order chi connectivity index (χ0) is 17.3. The summed E-state index contributed by atoms with van der Waals surface area (Å²) in [6.07, 6.45) is 21.5. The van der Waals surface area contributed by atoms with Gasteiger partial charge in [-0.15, -0.1) is 0 Å². The molecule has 0 atom stereocenters. The van der Waals surface area contributed by atoms with Gasteiger partial charge in [-0.05, 0) is 97.5 Å². The lowest BCUT2D eigenvalue weighted by molar-refractivity contribution is 0.474. The van der Waals surface area contributed by atoms with Crippen LogP contribution in [-0.2, 0) is 12.3 Å². The maximum Gasteiger partial charge on any atom is -0.00653 e. The molecule has 4 saturated heterocycles. The van der Waals surface area contributed by atoms with E-state index in [1.165, 1.54) is 38.0 Å². The van der Waals surface area contributed by atoms with Crippen molar-refractivity contribution in [2.24, 2.45) is 0 Å². The topological polar surface area (TPSA) is 0 Å². The van der Waals surface area contributed by atoms with Gasteiger partial charge in [0.15, 0.2) is 0 Å². The van der Waals surface area contributed by atoms with E-state index < -0.39 is 0 Å². The normalized spacial score (nSPS) is 39.5. The highest BCUT2D eigenvalue weighted by Crippen LogP contribution is 2.63. The summed E-state index contributed by atoms with van der Waals surface area (Å²) in [7, 11) is 0.540. The Morgan fingerprint density at radius 1 is 0.538 bits per heavy atom. The second kappa shape index (κ2) is 8.21. The quantitative estimate of drug-likeness (QED) is 0.462. The number of rotatable bonds is 4. The van der Waals surface area contributed by atoms with Gasteiger partial charge in [0.25, 0.3) is 0 Å². The van der Waals surface area contributed by atoms with Crippen molar-refractivity contribution in [1.29, 1.82) is 0 Å². The van der Waals surface area contributed by atoms with Crippen LogP contribution >= 0.6 is 15.8 Å². The van der Waals surface area contributed by atoms with Crippen LogP contribution in [0.3, 0.4) is 0 Å². The van der Waals surface area contributed by atoms with Crippen molar-refractivity contribution >= 4 is 15.8 Å². The molecule has 26 heavy (non-hydrogen) atoms. The Morgan fingerprint density at radius 2 is 0.846 bits per heavy atom. The number of benzene rings is 1. The van der Waals surface area contributed by atoms with E-state index in [1.807, 2.05) is 0 Å². The van der Waals surface area contributed by atoms with Crippen molar-refractivity contribution in [2.75, 3.05) is 0 Å². The third-order valence-corrected chi connectivity index (χ3v) is 15.2. The number of hydrogen-bond acceptors (Lipinski definition) is 0. The van der Waals surface area contributed by atoms with E-state index in [9.17, 15) is 0 Å². The second-order valence-corrected chi connectivity index (χ2v) is 15.1. The highest BCUT2D eigenvalue weighted by atomic mass is 31.1. The van der Waals surface area contributed by atoms with Gasteiger partial charge >= 0.3 is 0 Å². The van der Waals surface area contributed by atoms with Crippen LogP contribution in [0.1, 0.15) is 88.2 Å². The Labute approximate surface area is 163 Å². The van der Waals surface area contributed by atoms with Crippen LogP contribution in [-0.4, -0.2) is 22.6 Å². The Bertz CT molecular complexity index is 515. The highest BCUT2D eigenvalue weighted by Gasteiger charge is 2.37. The Morgan fingerprint density at radius 3 is 1.15 bits per heavy atom. The predicted molar refractivity (Wildman–Crippen MR) is 118 cm³/mol. The molecular weight excluding hydrogens is 350 g/mol. The molecule has 1 aromatic carbocycles. The first kappa shape index (κ1) is 18.1. The fourth-order valence-electron chi connectivity index (χ4n) is 6.63. The summed E-state index contributed by atoms with van der Waals surface area (Å²) in [4.78, 5) is 0. The summed E-state index contributed by atoms with van der Waals surface area (Å²) in [5.41, 5.74) is 8.03. The van der Waals surface area contributed by atoms with Crippen molar-refractivity contribution < 1.29 is 0 Å². The predicted octanol–water partition coefficient (Wildman–Crippen LogP) is 7.86. The lowest BCUT2D eigenvalue weighted by atomic mass is 9.99. The van der Waals surface area contributed by atoms with Crippen LogP contribution in [0.25, 0.3) is 0 Å². The van der Waals surface area contributed by atoms with E-state index in [0.29, 0.717) is 0 Å². The van der Waals surface area contributed by atoms with Crippen molar-refractivity contribution in [3.63, 3.8) is 0 Å². The third-order valence-electron chi connectivity index (χ3n) is 8.00. The summed E-state index contributed by atoms with van der Waals surface area (Å²) >= 11 is 0. The second-order valence-electron chi connectivity index (χ2n) is 9.45. The van der Waals surface area contributed by atoms with E-state index in [2.05, 4.69) is 24.3 Å². The zero-order valence-corrected chi connectivity index (χ0v) is 18.2. The van der Waals surface area contributed by atoms with E-state index in [-0.39, 0.29) is 15.8 Å². The zero-order valence-electron chi connectivity index (χ0n) is 16.4. The Balaban J connectivity index is 1.34. The molecule has 4 heterocycles. The largest absolute Gasteiger partial charge is 0.0958 e. The van der Waals surface area contributed by atoms with Crippen LogP contribution in [0.2, 0.25) is 0 Å². The van der Waals surface area contributed by atoms with Gasteiger partial charge in [-0.2, -0.15) is 0 Å². The Hall–Kier alpha value is 0.0800. The van der Waals surface area contributed by atoms with Crippen molar-refractivity contribution in [2.45, 2.75) is 112 Å². The van der Waals surface area contributed by atoms with Crippen LogP contribution in [0.5, 0.6) is 0 Å². The molecule has 0 aromatic heterocycles. The van der Waals surface area contributed by atoms with Crippen molar-refractivity contribution in [1.82, 2.24) is 0 Å². The lowest BCUT2D eigenvalue weighted by Crippen LogP contribution is -2.28. The minimum atomic E-state index is 0.270. The summed E-state index contributed by atoms with van der Waals surface area (Å²) in [5, 5.41) is 0. The molecule has 4 aliphatic rings. The molecule has 2 heteroatoms. The molecule has 0 nitrogen and oxygen atoms in total. The molecule has 4 aliphatic heterocycles. The fraction of sp³-hybridized carbons (Fsp3) is 0.750. The Kier molecular flexibility index (Phi) is 5.73. The van der Waals surface area contributed by atoms with Crippen molar-refractivity contribution in [3.05, 3.63) is 35.4 Å². The molecule has 0 N–H and O–H groups in total. The summed E-state index contributed by atoms with van der Waals surface area (Å²) < 4.78 is 0. The molecule has 4 fully saturated rings. The average molecular weight is 387 g/mol. The molecule has 0 spiro atoms. The molecule has 0 saturated carbocycles. The smallest absolute Gasteiger partial charge is 0.00653 e. The summed E-state index contributed by atoms with van der Waals surface area (Å²) in [6, 6.07) is 9.72. The molecule has 5 rings (SSSR count). The molecule has 4 bridgehead atoms. The third kappa shape index (κ3) is 3.67. The van der Waals surface area contributed by atoms with Crippen LogP contribution in [0, 0.1) is 0 Å². The van der Waals surface area contributed by atoms with Crippen LogP contribution < -0.4 is 0 Å².